The van der Waals surface area contributed by atoms with Crippen molar-refractivity contribution in [3.05, 3.63) is 29.3 Å². The van der Waals surface area contributed by atoms with Gasteiger partial charge in [0.25, 0.3) is 0 Å². The molecule has 148 valence electrons. The molecule has 1 fully saturated rings. The molecule has 1 aliphatic heterocycles. The number of hydrogen-bond acceptors (Lipinski definition) is 5. The summed E-state index contributed by atoms with van der Waals surface area (Å²) in [6.45, 7) is 3.26. The van der Waals surface area contributed by atoms with E-state index in [9.17, 15) is 26.3 Å². The minimum Gasteiger partial charge on any atom is -0.245 e. The highest BCUT2D eigenvalue weighted by Gasteiger charge is 2.50. The topological polar surface area (TPSA) is 60.2 Å². The predicted octanol–water partition coefficient (Wildman–Crippen LogP) is 4.55. The molecule has 2 N–H and O–H groups in total. The number of nitrogens with zero attached hydrogens (tertiary/aromatic N) is 2. The van der Waals surface area contributed by atoms with Gasteiger partial charge in [0.1, 0.15) is 6.04 Å². The van der Waals surface area contributed by atoms with Gasteiger partial charge in [0.05, 0.1) is 33.5 Å². The summed E-state index contributed by atoms with van der Waals surface area (Å²) in [5.74, 6) is 0.467. The lowest BCUT2D eigenvalue weighted by molar-refractivity contribution is -0.153. The molecular formula is C16H16F6N4S. The molecule has 27 heavy (non-hydrogen) atoms. The predicted molar refractivity (Wildman–Crippen MR) is 90.5 cm³/mol. The third-order valence-electron chi connectivity index (χ3n) is 3.94. The van der Waals surface area contributed by atoms with Gasteiger partial charge in [-0.25, -0.2) is 15.8 Å². The van der Waals surface area contributed by atoms with E-state index in [4.69, 9.17) is 5.26 Å². The molecule has 2 atom stereocenters. The molecule has 0 amide bonds. The molecule has 1 unspecified atom stereocenters. The minimum absolute atomic E-state index is 0.0873. The van der Waals surface area contributed by atoms with Crippen molar-refractivity contribution in [2.75, 3.05) is 5.75 Å². The van der Waals surface area contributed by atoms with Crippen molar-refractivity contribution in [1.82, 2.24) is 10.9 Å². The fraction of sp³-hybridized carbons (Fsp3) is 0.500. The van der Waals surface area contributed by atoms with Crippen molar-refractivity contribution in [2.45, 2.75) is 44.2 Å². The quantitative estimate of drug-likeness (QED) is 0.436. The number of hydrogen-bond donors (Lipinski definition) is 2. The van der Waals surface area contributed by atoms with Gasteiger partial charge in [-0.1, -0.05) is 6.92 Å². The molecule has 1 aromatic rings. The molecule has 0 saturated carbocycles. The van der Waals surface area contributed by atoms with Crippen LogP contribution in [0, 0.1) is 11.3 Å². The van der Waals surface area contributed by atoms with Gasteiger partial charge in [0, 0.05) is 0 Å². The highest BCUT2D eigenvalue weighted by Crippen LogP contribution is 2.37. The molecule has 11 heteroatoms. The van der Waals surface area contributed by atoms with E-state index in [0.29, 0.717) is 5.75 Å². The van der Waals surface area contributed by atoms with E-state index < -0.39 is 35.1 Å². The van der Waals surface area contributed by atoms with E-state index >= 15 is 0 Å². The van der Waals surface area contributed by atoms with Gasteiger partial charge >= 0.3 is 12.4 Å². The number of aliphatic imine (C=N–C) groups is 1. The first-order valence-electron chi connectivity index (χ1n) is 7.83. The maximum Gasteiger partial charge on any atom is 0.417 e. The molecule has 0 spiro atoms. The summed E-state index contributed by atoms with van der Waals surface area (Å²) < 4.78 is 78.2. The first kappa shape index (κ1) is 21.5. The minimum atomic E-state index is -4.74. The molecule has 2 rings (SSSR count). The smallest absolute Gasteiger partial charge is 0.245 e. The van der Waals surface area contributed by atoms with Crippen molar-refractivity contribution in [2.24, 2.45) is 4.99 Å². The first-order valence-corrected chi connectivity index (χ1v) is 8.82. The van der Waals surface area contributed by atoms with E-state index in [2.05, 4.69) is 15.8 Å². The fourth-order valence-electron chi connectivity index (χ4n) is 2.60. The van der Waals surface area contributed by atoms with Crippen LogP contribution in [0.1, 0.15) is 31.4 Å². The van der Waals surface area contributed by atoms with Crippen LogP contribution < -0.4 is 10.9 Å². The molecule has 4 nitrogen and oxygen atoms in total. The van der Waals surface area contributed by atoms with Crippen LogP contribution >= 0.6 is 11.8 Å². The zero-order valence-electron chi connectivity index (χ0n) is 14.3. The maximum atomic E-state index is 13.1. The summed E-state index contributed by atoms with van der Waals surface area (Å²) in [7, 11) is 0. The monoisotopic (exact) mass is 410 g/mol. The first-order chi connectivity index (χ1) is 12.4. The average Bonchev–Trinajstić information content (AvgIpc) is 2.97. The van der Waals surface area contributed by atoms with Crippen LogP contribution in [-0.2, 0) is 6.18 Å². The summed E-state index contributed by atoms with van der Waals surface area (Å²) in [5, 5.41) is 9.07. The summed E-state index contributed by atoms with van der Waals surface area (Å²) in [6.07, 6.45) is -9.57. The number of alkyl halides is 6. The van der Waals surface area contributed by atoms with Gasteiger partial charge in [-0.05, 0) is 37.3 Å². The summed E-state index contributed by atoms with van der Waals surface area (Å²) in [6, 6.07) is 2.63. The van der Waals surface area contributed by atoms with Crippen LogP contribution in [0.25, 0.3) is 0 Å². The Hall–Kier alpha value is -1.77. The van der Waals surface area contributed by atoms with Gasteiger partial charge in [-0.15, -0.1) is 11.8 Å². The van der Waals surface area contributed by atoms with E-state index in [-0.39, 0.29) is 17.2 Å². The van der Waals surface area contributed by atoms with Crippen molar-refractivity contribution in [3.8, 4) is 6.07 Å². The van der Waals surface area contributed by atoms with Crippen molar-refractivity contribution < 1.29 is 26.3 Å². The highest BCUT2D eigenvalue weighted by molar-refractivity contribution is 8.14. The second-order valence-electron chi connectivity index (χ2n) is 6.09. The van der Waals surface area contributed by atoms with Crippen molar-refractivity contribution in [1.29, 1.82) is 5.26 Å². The third kappa shape index (κ3) is 4.94. The fourth-order valence-corrected chi connectivity index (χ4v) is 3.49. The molecule has 1 aromatic carbocycles. The molecule has 1 saturated heterocycles. The SMILES string of the molecule is CCSC(=Nc1ccc(C#N)c(C(F)(F)F)c1)[C@@]1(C)CC(C(F)(F)F)NN1. The zero-order chi connectivity index (χ0) is 20.5. The van der Waals surface area contributed by atoms with Crippen LogP contribution in [0.4, 0.5) is 32.0 Å². The molecule has 0 bridgehead atoms. The summed E-state index contributed by atoms with van der Waals surface area (Å²) >= 11 is 1.14. The Balaban J connectivity index is 2.43. The Labute approximate surface area is 156 Å². The molecule has 0 aliphatic carbocycles. The average molecular weight is 410 g/mol. The van der Waals surface area contributed by atoms with Crippen LogP contribution in [0.2, 0.25) is 0 Å². The molecule has 0 aromatic heterocycles. The van der Waals surface area contributed by atoms with Crippen LogP contribution in [0.15, 0.2) is 23.2 Å². The molecule has 1 aliphatic rings. The zero-order valence-corrected chi connectivity index (χ0v) is 15.1. The number of hydrazine groups is 1. The Bertz CT molecular complexity index is 768. The number of thioether (sulfide) groups is 1. The summed E-state index contributed by atoms with van der Waals surface area (Å²) in [5.41, 5.74) is 1.77. The lowest BCUT2D eigenvalue weighted by atomic mass is 9.97. The largest absolute Gasteiger partial charge is 0.417 e. The Kier molecular flexibility index (Phi) is 6.13. The lowest BCUT2D eigenvalue weighted by Crippen LogP contribution is -2.47. The third-order valence-corrected chi connectivity index (χ3v) is 5.05. The van der Waals surface area contributed by atoms with Gasteiger partial charge in [-0.3, -0.25) is 0 Å². The van der Waals surface area contributed by atoms with Gasteiger partial charge in [0.15, 0.2) is 0 Å². The van der Waals surface area contributed by atoms with Gasteiger partial charge < -0.3 is 0 Å². The number of benzene rings is 1. The van der Waals surface area contributed by atoms with Crippen LogP contribution in [-0.4, -0.2) is 28.6 Å². The number of rotatable bonds is 3. The lowest BCUT2D eigenvalue weighted by Gasteiger charge is -2.25. The second kappa shape index (κ2) is 7.69. The number of halogens is 6. The van der Waals surface area contributed by atoms with Crippen LogP contribution in [0.5, 0.6) is 0 Å². The highest BCUT2D eigenvalue weighted by atomic mass is 32.2. The number of nitriles is 1. The maximum absolute atomic E-state index is 13.1. The standard InChI is InChI=1S/C16H16F6N4S/c1-3-27-13(14(2)7-12(25-26-14)16(20,21)22)24-10-5-4-9(8-23)11(6-10)15(17,18)19/h4-6,12,25-26H,3,7H2,1-2H3/t12?,14-/m1/s1. The van der Waals surface area contributed by atoms with Gasteiger partial charge in [-0.2, -0.15) is 31.6 Å². The Morgan fingerprint density at radius 2 is 2.00 bits per heavy atom. The van der Waals surface area contributed by atoms with Crippen molar-refractivity contribution in [3.63, 3.8) is 0 Å². The molecule has 1 heterocycles. The Morgan fingerprint density at radius 1 is 1.33 bits per heavy atom. The second-order valence-corrected chi connectivity index (χ2v) is 7.34. The molecular weight excluding hydrogens is 394 g/mol. The van der Waals surface area contributed by atoms with Crippen LogP contribution in [0.3, 0.4) is 0 Å². The molecule has 0 radical (unpaired) electrons. The normalized spacial score (nSPS) is 24.1. The van der Waals surface area contributed by atoms with E-state index in [1.54, 1.807) is 6.92 Å². The van der Waals surface area contributed by atoms with Gasteiger partial charge in [0.2, 0.25) is 0 Å². The van der Waals surface area contributed by atoms with E-state index in [0.717, 1.165) is 23.9 Å². The number of nitrogens with one attached hydrogen (secondary N) is 2. The van der Waals surface area contributed by atoms with E-state index in [1.807, 2.05) is 0 Å². The summed E-state index contributed by atoms with van der Waals surface area (Å²) in [4.78, 5) is 4.17. The Morgan fingerprint density at radius 3 is 2.48 bits per heavy atom. The van der Waals surface area contributed by atoms with Crippen molar-refractivity contribution >= 4 is 22.5 Å². The van der Waals surface area contributed by atoms with E-state index in [1.165, 1.54) is 19.1 Å².